The molecule has 0 aliphatic carbocycles. The molecule has 11 nitrogen and oxygen atoms in total. The van der Waals surface area contributed by atoms with Gasteiger partial charge in [0.15, 0.2) is 5.79 Å². The molecule has 4 saturated heterocycles. The van der Waals surface area contributed by atoms with Crippen LogP contribution in [-0.4, -0.2) is 97.7 Å². The molecule has 0 unspecified atom stereocenters. The van der Waals surface area contributed by atoms with Crippen LogP contribution in [0.5, 0.6) is 0 Å². The molecule has 0 amide bonds. The Morgan fingerprint density at radius 1 is 0.887 bits per heavy atom. The van der Waals surface area contributed by atoms with Gasteiger partial charge in [0.2, 0.25) is 5.79 Å². The van der Waals surface area contributed by atoms with Crippen molar-refractivity contribution in [2.45, 2.75) is 199 Å². The zero-order valence-corrected chi connectivity index (χ0v) is 34.0. The van der Waals surface area contributed by atoms with Crippen LogP contribution in [0.1, 0.15) is 133 Å². The Hall–Kier alpha value is -1.44. The molecule has 5 heterocycles. The number of ether oxygens (including phenoxy) is 5. The van der Waals surface area contributed by atoms with Crippen molar-refractivity contribution in [3.05, 3.63) is 12.2 Å². The highest BCUT2D eigenvalue weighted by Gasteiger charge is 2.63. The third-order valence-corrected chi connectivity index (χ3v) is 14.4. The fourth-order valence-corrected chi connectivity index (χ4v) is 10.6. The van der Waals surface area contributed by atoms with Crippen molar-refractivity contribution >= 4 is 11.8 Å². The molecule has 5 aliphatic heterocycles. The van der Waals surface area contributed by atoms with E-state index in [2.05, 4.69) is 13.8 Å². The summed E-state index contributed by atoms with van der Waals surface area (Å²) < 4.78 is 33.5. The van der Waals surface area contributed by atoms with Gasteiger partial charge in [-0.15, -0.1) is 0 Å². The lowest BCUT2D eigenvalue weighted by Gasteiger charge is -2.55. The standard InChI is InChI=1S/C42H70O11/c1-11-29(38(46)47)31-15-14-23(4)36(50-31)27(8)34(44)26(7)35(45)30(12-2)37-24(5)22-25(6)42(51-37)32(43)16-19-41(53-42)21-20-39(10,52-41)33-17-18-40(48,13-3)28(9)49-33/h16,19,23-34,36-37,43-44,48H,11-15,17-18,20-22H2,1-10H3,(H,46,47)/t23-,24-,25+,26-,27-,28-,29+,30-,31+,32-,33+,34+,36+,37-,39-,40+,41+,42+/m0/s1. The molecule has 0 aromatic heterocycles. The van der Waals surface area contributed by atoms with E-state index in [4.69, 9.17) is 23.7 Å². The fraction of sp³-hybridized carbons (Fsp3) is 0.905. The highest BCUT2D eigenvalue weighted by atomic mass is 16.8. The number of aliphatic hydroxyl groups excluding tert-OH is 2. The van der Waals surface area contributed by atoms with Crippen LogP contribution < -0.4 is 0 Å². The van der Waals surface area contributed by atoms with Gasteiger partial charge in [0, 0.05) is 30.1 Å². The third-order valence-electron chi connectivity index (χ3n) is 14.4. The number of Topliss-reactive ketones (excluding diaryl/α,β-unsaturated/α-hetero) is 1. The summed E-state index contributed by atoms with van der Waals surface area (Å²) in [5, 5.41) is 44.2. The van der Waals surface area contributed by atoms with Crippen molar-refractivity contribution in [3.63, 3.8) is 0 Å². The summed E-state index contributed by atoms with van der Waals surface area (Å²) in [6, 6.07) is 0. The Kier molecular flexibility index (Phi) is 13.0. The Labute approximate surface area is 317 Å². The first-order valence-corrected chi connectivity index (χ1v) is 20.7. The maximum Gasteiger partial charge on any atom is 0.309 e. The minimum atomic E-state index is -1.45. The predicted octanol–water partition coefficient (Wildman–Crippen LogP) is 6.19. The summed E-state index contributed by atoms with van der Waals surface area (Å²) in [5.74, 6) is -6.06. The number of carbonyl (C=O) groups excluding carboxylic acids is 1. The average molecular weight is 751 g/mol. The first kappa shape index (κ1) is 42.7. The Balaban J connectivity index is 1.31. The van der Waals surface area contributed by atoms with Crippen LogP contribution in [0.2, 0.25) is 0 Å². The van der Waals surface area contributed by atoms with Gasteiger partial charge in [0.25, 0.3) is 0 Å². The summed E-state index contributed by atoms with van der Waals surface area (Å²) in [7, 11) is 0. The van der Waals surface area contributed by atoms with Crippen LogP contribution in [0.25, 0.3) is 0 Å². The Bertz CT molecular complexity index is 1320. The molecule has 0 bridgehead atoms. The minimum Gasteiger partial charge on any atom is -0.481 e. The van der Waals surface area contributed by atoms with E-state index in [1.807, 2.05) is 48.5 Å². The number of carboxylic acid groups (broad SMARTS) is 1. The number of carbonyl (C=O) groups is 2. The third kappa shape index (κ3) is 7.94. The lowest BCUT2D eigenvalue weighted by molar-refractivity contribution is -0.416. The van der Waals surface area contributed by atoms with Crippen molar-refractivity contribution in [3.8, 4) is 0 Å². The molecule has 4 N–H and O–H groups in total. The number of hydrogen-bond donors (Lipinski definition) is 4. The van der Waals surface area contributed by atoms with E-state index in [9.17, 15) is 30.0 Å². The molecule has 0 radical (unpaired) electrons. The van der Waals surface area contributed by atoms with E-state index in [-0.39, 0.29) is 41.8 Å². The van der Waals surface area contributed by atoms with E-state index in [0.29, 0.717) is 57.8 Å². The van der Waals surface area contributed by atoms with Crippen molar-refractivity contribution in [2.24, 2.45) is 41.4 Å². The number of aliphatic carboxylic acids is 1. The Morgan fingerprint density at radius 2 is 1.57 bits per heavy atom. The molecule has 53 heavy (non-hydrogen) atoms. The van der Waals surface area contributed by atoms with Crippen molar-refractivity contribution in [1.82, 2.24) is 0 Å². The summed E-state index contributed by atoms with van der Waals surface area (Å²) >= 11 is 0. The van der Waals surface area contributed by atoms with Gasteiger partial charge in [-0.2, -0.15) is 0 Å². The van der Waals surface area contributed by atoms with E-state index >= 15 is 0 Å². The molecule has 5 rings (SSSR count). The van der Waals surface area contributed by atoms with Gasteiger partial charge in [0.1, 0.15) is 11.9 Å². The Morgan fingerprint density at radius 3 is 2.17 bits per heavy atom. The average Bonchev–Trinajstić information content (AvgIpc) is 3.46. The summed E-state index contributed by atoms with van der Waals surface area (Å²) in [4.78, 5) is 26.4. The maximum absolute atomic E-state index is 14.4. The zero-order chi connectivity index (χ0) is 39.3. The molecular formula is C42H70O11. The first-order chi connectivity index (χ1) is 24.8. The quantitative estimate of drug-likeness (QED) is 0.169. The topological polar surface area (TPSA) is 161 Å². The van der Waals surface area contributed by atoms with Gasteiger partial charge in [-0.05, 0) is 95.6 Å². The largest absolute Gasteiger partial charge is 0.481 e. The van der Waals surface area contributed by atoms with Crippen LogP contribution in [0, 0.1) is 41.4 Å². The van der Waals surface area contributed by atoms with Gasteiger partial charge < -0.3 is 44.1 Å². The van der Waals surface area contributed by atoms with Crippen LogP contribution in [0.15, 0.2) is 12.2 Å². The molecule has 0 aromatic rings. The summed E-state index contributed by atoms with van der Waals surface area (Å²) in [6.07, 6.45) is 5.55. The smallest absolute Gasteiger partial charge is 0.309 e. The van der Waals surface area contributed by atoms with E-state index < -0.39 is 76.8 Å². The van der Waals surface area contributed by atoms with Crippen LogP contribution in [-0.2, 0) is 33.3 Å². The van der Waals surface area contributed by atoms with E-state index in [0.717, 1.165) is 6.42 Å². The van der Waals surface area contributed by atoms with Crippen molar-refractivity contribution < 1.29 is 53.7 Å². The van der Waals surface area contributed by atoms with Gasteiger partial charge in [-0.3, -0.25) is 9.59 Å². The van der Waals surface area contributed by atoms with Crippen molar-refractivity contribution in [1.29, 1.82) is 0 Å². The lowest BCUT2D eigenvalue weighted by Crippen LogP contribution is -2.65. The monoisotopic (exact) mass is 750 g/mol. The fourth-order valence-electron chi connectivity index (χ4n) is 10.6. The maximum atomic E-state index is 14.4. The van der Waals surface area contributed by atoms with E-state index in [1.54, 1.807) is 19.1 Å². The number of aliphatic hydroxyl groups is 3. The van der Waals surface area contributed by atoms with Crippen LogP contribution in [0.4, 0.5) is 0 Å². The summed E-state index contributed by atoms with van der Waals surface area (Å²) in [5.41, 5.74) is -1.55. The molecule has 18 atom stereocenters. The molecule has 4 fully saturated rings. The lowest BCUT2D eigenvalue weighted by atomic mass is 9.72. The SMILES string of the molecule is CC[C@@H](C(=O)[C@@H](C)[C@@H](O)[C@H](C)[C@@H]1O[C@@H]([C@@H](CC)C(=O)O)CC[C@@H]1C)[C@H]1O[C@@]2(O[C@]3(C=C[C@@H]2O)CC[C@@](C)([C@H]2CC[C@](O)(CC)[C@H](C)O2)O3)[C@H](C)C[C@@H]1C. The number of hydrogen-bond acceptors (Lipinski definition) is 10. The molecule has 0 aromatic carbocycles. The van der Waals surface area contributed by atoms with Gasteiger partial charge in [-0.1, -0.05) is 55.4 Å². The molecule has 5 aliphatic rings. The normalized spacial score (nSPS) is 46.2. The van der Waals surface area contributed by atoms with Gasteiger partial charge in [0.05, 0.1) is 53.7 Å². The predicted molar refractivity (Wildman–Crippen MR) is 199 cm³/mol. The highest BCUT2D eigenvalue weighted by molar-refractivity contribution is 5.84. The minimum absolute atomic E-state index is 0.0300. The molecule has 2 spiro atoms. The number of ketones is 1. The van der Waals surface area contributed by atoms with Gasteiger partial charge in [-0.25, -0.2) is 0 Å². The van der Waals surface area contributed by atoms with Gasteiger partial charge >= 0.3 is 5.97 Å². The molecule has 304 valence electrons. The zero-order valence-electron chi connectivity index (χ0n) is 34.0. The second-order valence-corrected chi connectivity index (χ2v) is 17.9. The first-order valence-electron chi connectivity index (χ1n) is 20.7. The molecular weight excluding hydrogens is 680 g/mol. The van der Waals surface area contributed by atoms with Crippen LogP contribution in [0.3, 0.4) is 0 Å². The molecule has 11 heteroatoms. The van der Waals surface area contributed by atoms with Crippen LogP contribution >= 0.6 is 0 Å². The molecule has 0 saturated carbocycles. The highest BCUT2D eigenvalue weighted by Crippen LogP contribution is 2.54. The number of rotatable bonds is 12. The number of carboxylic acids is 1. The second kappa shape index (κ2) is 16.2. The van der Waals surface area contributed by atoms with E-state index in [1.165, 1.54) is 0 Å². The summed E-state index contributed by atoms with van der Waals surface area (Å²) in [6.45, 7) is 19.5. The van der Waals surface area contributed by atoms with Crippen molar-refractivity contribution in [2.75, 3.05) is 0 Å². The second-order valence-electron chi connectivity index (χ2n) is 17.9.